The van der Waals surface area contributed by atoms with Crippen molar-refractivity contribution >= 4 is 17.5 Å². The average molecular weight is 273 g/mol. The molecule has 0 saturated carbocycles. The summed E-state index contributed by atoms with van der Waals surface area (Å²) in [6, 6.07) is 9.95. The van der Waals surface area contributed by atoms with E-state index in [-0.39, 0.29) is 17.9 Å². The Balaban J connectivity index is 1.52. The second-order valence-corrected chi connectivity index (χ2v) is 5.34. The van der Waals surface area contributed by atoms with E-state index in [0.717, 1.165) is 12.1 Å². The van der Waals surface area contributed by atoms with Crippen LogP contribution in [0.2, 0.25) is 0 Å². The fraction of sp³-hybridized carbons (Fsp3) is 0.467. The van der Waals surface area contributed by atoms with Crippen LogP contribution in [0.25, 0.3) is 0 Å². The van der Waals surface area contributed by atoms with Gasteiger partial charge in [-0.15, -0.1) is 0 Å². The number of nitrogens with one attached hydrogen (secondary N) is 1. The Hall–Kier alpha value is -2.04. The molecule has 5 heteroatoms. The molecular formula is C15H19N3O2. The first-order chi connectivity index (χ1) is 9.74. The van der Waals surface area contributed by atoms with Crippen molar-refractivity contribution in [3.63, 3.8) is 0 Å². The SMILES string of the molecule is O=C(CNc1ccccc1)N1CCN2C(=O)CCC2C1. The molecule has 2 aliphatic rings. The number of hydrogen-bond donors (Lipinski definition) is 1. The molecule has 2 aliphatic heterocycles. The number of para-hydroxylation sites is 1. The molecule has 3 rings (SSSR count). The first-order valence-corrected chi connectivity index (χ1v) is 7.10. The number of hydrogen-bond acceptors (Lipinski definition) is 3. The zero-order valence-corrected chi connectivity index (χ0v) is 11.4. The van der Waals surface area contributed by atoms with Crippen molar-refractivity contribution in [3.05, 3.63) is 30.3 Å². The molecule has 2 fully saturated rings. The smallest absolute Gasteiger partial charge is 0.242 e. The fourth-order valence-electron chi connectivity index (χ4n) is 2.94. The van der Waals surface area contributed by atoms with E-state index in [2.05, 4.69) is 5.32 Å². The van der Waals surface area contributed by atoms with Gasteiger partial charge in [-0.2, -0.15) is 0 Å². The number of fused-ring (bicyclic) bond motifs is 1. The number of amides is 2. The van der Waals surface area contributed by atoms with Gasteiger partial charge in [-0.3, -0.25) is 9.59 Å². The molecule has 1 unspecified atom stereocenters. The summed E-state index contributed by atoms with van der Waals surface area (Å²) in [6.45, 7) is 2.32. The van der Waals surface area contributed by atoms with Gasteiger partial charge in [0.05, 0.1) is 6.54 Å². The van der Waals surface area contributed by atoms with Crippen molar-refractivity contribution in [2.45, 2.75) is 18.9 Å². The Labute approximate surface area is 118 Å². The Kier molecular flexibility index (Phi) is 3.58. The van der Waals surface area contributed by atoms with Crippen molar-refractivity contribution in [2.75, 3.05) is 31.5 Å². The molecule has 2 saturated heterocycles. The molecule has 106 valence electrons. The minimum atomic E-state index is 0.104. The zero-order valence-electron chi connectivity index (χ0n) is 11.4. The summed E-state index contributed by atoms with van der Waals surface area (Å²) in [5.41, 5.74) is 0.954. The molecule has 0 aromatic heterocycles. The monoisotopic (exact) mass is 273 g/mol. The third-order valence-corrected chi connectivity index (χ3v) is 4.06. The largest absolute Gasteiger partial charge is 0.376 e. The van der Waals surface area contributed by atoms with Gasteiger partial charge in [0.15, 0.2) is 0 Å². The van der Waals surface area contributed by atoms with E-state index < -0.39 is 0 Å². The number of carbonyl (C=O) groups excluding carboxylic acids is 2. The molecule has 2 heterocycles. The van der Waals surface area contributed by atoms with Gasteiger partial charge in [-0.05, 0) is 18.6 Å². The van der Waals surface area contributed by atoms with Crippen LogP contribution >= 0.6 is 0 Å². The molecule has 0 spiro atoms. The number of rotatable bonds is 3. The number of benzene rings is 1. The third kappa shape index (κ3) is 2.61. The Morgan fingerprint density at radius 2 is 2.05 bits per heavy atom. The third-order valence-electron chi connectivity index (χ3n) is 4.06. The van der Waals surface area contributed by atoms with E-state index >= 15 is 0 Å². The zero-order chi connectivity index (χ0) is 13.9. The summed E-state index contributed by atoms with van der Waals surface area (Å²) in [7, 11) is 0. The second kappa shape index (κ2) is 5.53. The predicted octanol–water partition coefficient (Wildman–Crippen LogP) is 0.932. The van der Waals surface area contributed by atoms with E-state index in [1.807, 2.05) is 40.1 Å². The highest BCUT2D eigenvalue weighted by atomic mass is 16.2. The lowest BCUT2D eigenvalue weighted by atomic mass is 10.1. The van der Waals surface area contributed by atoms with Gasteiger partial charge in [-0.1, -0.05) is 18.2 Å². The van der Waals surface area contributed by atoms with Crippen molar-refractivity contribution in [2.24, 2.45) is 0 Å². The van der Waals surface area contributed by atoms with E-state index in [0.29, 0.717) is 32.6 Å². The van der Waals surface area contributed by atoms with Gasteiger partial charge in [0.25, 0.3) is 0 Å². The maximum atomic E-state index is 12.2. The molecule has 1 atom stereocenters. The normalized spacial score (nSPS) is 21.8. The molecule has 0 radical (unpaired) electrons. The molecule has 0 aliphatic carbocycles. The number of carbonyl (C=O) groups is 2. The molecule has 1 aromatic carbocycles. The number of anilines is 1. The van der Waals surface area contributed by atoms with Crippen LogP contribution in [0.5, 0.6) is 0 Å². The van der Waals surface area contributed by atoms with Gasteiger partial charge in [0, 0.05) is 37.8 Å². The summed E-state index contributed by atoms with van der Waals surface area (Å²) in [5, 5.41) is 3.14. The van der Waals surface area contributed by atoms with E-state index in [1.54, 1.807) is 0 Å². The summed E-state index contributed by atoms with van der Waals surface area (Å²) >= 11 is 0. The van der Waals surface area contributed by atoms with Crippen molar-refractivity contribution in [1.82, 2.24) is 9.80 Å². The minimum Gasteiger partial charge on any atom is -0.376 e. The molecule has 5 nitrogen and oxygen atoms in total. The highest BCUT2D eigenvalue weighted by molar-refractivity contribution is 5.82. The predicted molar refractivity (Wildman–Crippen MR) is 76.2 cm³/mol. The van der Waals surface area contributed by atoms with Crippen LogP contribution in [0, 0.1) is 0 Å². The molecule has 1 aromatic rings. The lowest BCUT2D eigenvalue weighted by Gasteiger charge is -2.37. The van der Waals surface area contributed by atoms with Crippen LogP contribution in [-0.4, -0.2) is 53.8 Å². The lowest BCUT2D eigenvalue weighted by Crippen LogP contribution is -2.54. The maximum absolute atomic E-state index is 12.2. The Morgan fingerprint density at radius 3 is 2.85 bits per heavy atom. The van der Waals surface area contributed by atoms with E-state index in [4.69, 9.17) is 0 Å². The second-order valence-electron chi connectivity index (χ2n) is 5.34. The highest BCUT2D eigenvalue weighted by Crippen LogP contribution is 2.22. The molecular weight excluding hydrogens is 254 g/mol. The van der Waals surface area contributed by atoms with Crippen LogP contribution in [0.4, 0.5) is 5.69 Å². The fourth-order valence-corrected chi connectivity index (χ4v) is 2.94. The van der Waals surface area contributed by atoms with E-state index in [9.17, 15) is 9.59 Å². The topological polar surface area (TPSA) is 52.7 Å². The maximum Gasteiger partial charge on any atom is 0.242 e. The van der Waals surface area contributed by atoms with Crippen LogP contribution in [0.1, 0.15) is 12.8 Å². The summed E-state index contributed by atoms with van der Waals surface area (Å²) < 4.78 is 0. The summed E-state index contributed by atoms with van der Waals surface area (Å²) in [6.07, 6.45) is 1.52. The van der Waals surface area contributed by atoms with Crippen molar-refractivity contribution < 1.29 is 9.59 Å². The Bertz CT molecular complexity index is 503. The van der Waals surface area contributed by atoms with Gasteiger partial charge in [0.2, 0.25) is 11.8 Å². The van der Waals surface area contributed by atoms with Crippen LogP contribution < -0.4 is 5.32 Å². The number of nitrogens with zero attached hydrogens (tertiary/aromatic N) is 2. The molecule has 20 heavy (non-hydrogen) atoms. The minimum absolute atomic E-state index is 0.104. The van der Waals surface area contributed by atoms with Crippen LogP contribution in [0.3, 0.4) is 0 Å². The summed E-state index contributed by atoms with van der Waals surface area (Å²) in [5.74, 6) is 0.345. The lowest BCUT2D eigenvalue weighted by molar-refractivity contribution is -0.137. The van der Waals surface area contributed by atoms with Gasteiger partial charge in [0.1, 0.15) is 0 Å². The first-order valence-electron chi connectivity index (χ1n) is 7.10. The summed E-state index contributed by atoms with van der Waals surface area (Å²) in [4.78, 5) is 27.6. The van der Waals surface area contributed by atoms with Gasteiger partial charge < -0.3 is 15.1 Å². The Morgan fingerprint density at radius 1 is 1.25 bits per heavy atom. The molecule has 2 amide bonds. The first kappa shape index (κ1) is 13.0. The molecule has 0 bridgehead atoms. The van der Waals surface area contributed by atoms with Crippen LogP contribution in [-0.2, 0) is 9.59 Å². The average Bonchev–Trinajstić information content (AvgIpc) is 2.87. The van der Waals surface area contributed by atoms with E-state index in [1.165, 1.54) is 0 Å². The van der Waals surface area contributed by atoms with Crippen LogP contribution in [0.15, 0.2) is 30.3 Å². The van der Waals surface area contributed by atoms with Gasteiger partial charge >= 0.3 is 0 Å². The molecule has 1 N–H and O–H groups in total. The van der Waals surface area contributed by atoms with Crippen molar-refractivity contribution in [1.29, 1.82) is 0 Å². The quantitative estimate of drug-likeness (QED) is 0.891. The highest BCUT2D eigenvalue weighted by Gasteiger charge is 2.36. The van der Waals surface area contributed by atoms with Gasteiger partial charge in [-0.25, -0.2) is 0 Å². The number of piperazine rings is 1. The standard InChI is InChI=1S/C15H19N3O2/c19-14-7-6-13-11-17(8-9-18(13)14)15(20)10-16-12-4-2-1-3-5-12/h1-5,13,16H,6-11H2. The van der Waals surface area contributed by atoms with Crippen molar-refractivity contribution in [3.8, 4) is 0 Å².